The Morgan fingerprint density at radius 1 is 0.535 bits per heavy atom. The van der Waals surface area contributed by atoms with E-state index in [2.05, 4.69) is 58.7 Å². The summed E-state index contributed by atoms with van der Waals surface area (Å²) < 4.78 is 15.8. The molecule has 7 aliphatic rings. The normalized spacial score (nSPS) is 21.2. The molecule has 5 fully saturated rings. The zero-order valence-corrected chi connectivity index (χ0v) is 85.9. The molecule has 6 aliphatic heterocycles. The van der Waals surface area contributed by atoms with Crippen molar-refractivity contribution in [3.8, 4) is 26.6 Å². The van der Waals surface area contributed by atoms with Crippen molar-refractivity contribution in [3.05, 3.63) is 194 Å². The number of morpholine rings is 1. The van der Waals surface area contributed by atoms with Gasteiger partial charge in [-0.05, 0) is 152 Å². The van der Waals surface area contributed by atoms with Crippen molar-refractivity contribution in [2.24, 2.45) is 50.4 Å². The third kappa shape index (κ3) is 30.5. The van der Waals surface area contributed by atoms with Crippen LogP contribution in [0, 0.1) is 54.3 Å². The number of ether oxygens (including phenoxy) is 3. The summed E-state index contributed by atoms with van der Waals surface area (Å²) in [5.41, 5.74) is 17.9. The van der Waals surface area contributed by atoms with Crippen LogP contribution in [0.2, 0.25) is 0 Å². The van der Waals surface area contributed by atoms with Crippen LogP contribution in [0.4, 0.5) is 0 Å². The van der Waals surface area contributed by atoms with Gasteiger partial charge < -0.3 is 80.7 Å². The molecule has 2 aromatic heterocycles. The van der Waals surface area contributed by atoms with Gasteiger partial charge in [0.2, 0.25) is 35.4 Å². The Kier molecular flexibility index (Phi) is 40.2. The maximum atomic E-state index is 13.8. The molecule has 142 heavy (non-hydrogen) atoms. The number of amides is 7. The minimum atomic E-state index is -0.887. The predicted octanol–water partition coefficient (Wildman–Crippen LogP) is 12.3. The fourth-order valence-electron chi connectivity index (χ4n) is 19.0. The number of ketones is 5. The molecular weight excluding hydrogens is 1850 g/mol. The summed E-state index contributed by atoms with van der Waals surface area (Å²) in [7, 11) is 1.52. The Labute approximate surface area is 840 Å². The first-order valence-corrected chi connectivity index (χ1v) is 50.9. The first kappa shape index (κ1) is 111. The number of carbonyl (C=O) groups is 12. The van der Waals surface area contributed by atoms with E-state index < -0.39 is 107 Å². The van der Waals surface area contributed by atoms with Crippen molar-refractivity contribution in [2.75, 3.05) is 59.7 Å². The second-order valence-corrected chi connectivity index (χ2v) is 41.8. The minimum Gasteiger partial charge on any atom is -0.494 e. The van der Waals surface area contributed by atoms with Crippen LogP contribution in [0.3, 0.4) is 0 Å². The van der Waals surface area contributed by atoms with Crippen molar-refractivity contribution in [2.45, 2.75) is 255 Å². The van der Waals surface area contributed by atoms with Crippen molar-refractivity contribution in [1.29, 1.82) is 0 Å². The SMILES string of the molecule is CC(=O)C[C@H](C(=O)N1C[C@H](O)C[C@H]1C(=O)CCc1ccc(C2=C(C)N=CC2)cc1)C(C)(C)C.CC1=C(c2ccc(CNC(=O)[C@@H]3C[C@@H](O)CC3C(=O)[C@@H](CC(=O)[C@@H]3COCCN3)C(C)(C)C)cc2)CC=N1.CCOc1cccc(C(=O)N[C@@H](C)C(=O)N2C[C@H](O)C[C@H]2C(=O)NCc2ccc(-c3scnc3C)cc2)c1.COCCC(=O)C[C@@H](C)C(=O)N1C[C@H](O)C[C@H]1C(=O)NCc1ccc(-c2scnc2C)cc1. The van der Waals surface area contributed by atoms with E-state index in [1.807, 2.05) is 185 Å². The molecule has 0 bridgehead atoms. The molecule has 7 amide bonds. The molecule has 1 aliphatic carbocycles. The van der Waals surface area contributed by atoms with Crippen LogP contribution in [-0.4, -0.2) is 242 Å². The van der Waals surface area contributed by atoms with Gasteiger partial charge in [-0.25, -0.2) is 9.97 Å². The number of hydrogen-bond donors (Lipinski definition) is 9. The van der Waals surface area contributed by atoms with Crippen LogP contribution in [0.1, 0.15) is 215 Å². The number of Topliss-reactive ketones (excluding diaryl/α,β-unsaturated/α-hetero) is 5. The number of thiazole rings is 2. The highest BCUT2D eigenvalue weighted by Gasteiger charge is 2.49. The largest absolute Gasteiger partial charge is 0.494 e. The van der Waals surface area contributed by atoms with Gasteiger partial charge >= 0.3 is 0 Å². The second-order valence-electron chi connectivity index (χ2n) is 40.1. The molecule has 0 radical (unpaired) electrons. The summed E-state index contributed by atoms with van der Waals surface area (Å²) in [6.07, 6.45) is 5.03. The summed E-state index contributed by atoms with van der Waals surface area (Å²) in [5.74, 6) is -4.82. The quantitative estimate of drug-likeness (QED) is 0.0176. The topological polar surface area (TPSA) is 434 Å². The summed E-state index contributed by atoms with van der Waals surface area (Å²) in [6, 6.07) is 35.2. The van der Waals surface area contributed by atoms with Crippen molar-refractivity contribution in [1.82, 2.24) is 51.3 Å². The van der Waals surface area contributed by atoms with Crippen LogP contribution in [-0.2, 0) is 88.3 Å². The van der Waals surface area contributed by atoms with Gasteiger partial charge in [0.05, 0.1) is 101 Å². The fourth-order valence-corrected chi connectivity index (χ4v) is 20.6. The monoisotopic (exact) mass is 1980 g/mol. The lowest BCUT2D eigenvalue weighted by molar-refractivity contribution is -0.145. The Morgan fingerprint density at radius 2 is 1.01 bits per heavy atom. The summed E-state index contributed by atoms with van der Waals surface area (Å²) >= 11 is 3.17. The zero-order valence-electron chi connectivity index (χ0n) is 84.3. The number of aromatic nitrogens is 2. The molecule has 33 heteroatoms. The number of benzene rings is 5. The molecule has 762 valence electrons. The first-order valence-electron chi connectivity index (χ1n) is 49.1. The Morgan fingerprint density at radius 3 is 1.46 bits per heavy atom. The number of methoxy groups -OCH3 is 1. The lowest BCUT2D eigenvalue weighted by Crippen LogP contribution is -2.52. The van der Waals surface area contributed by atoms with Crippen LogP contribution in [0.25, 0.3) is 32.0 Å². The third-order valence-corrected chi connectivity index (χ3v) is 29.1. The number of nitrogens with one attached hydrogen (secondary N) is 5. The van der Waals surface area contributed by atoms with Gasteiger partial charge in [0, 0.05) is 170 Å². The number of rotatable bonds is 36. The van der Waals surface area contributed by atoms with E-state index in [9.17, 15) is 78.0 Å². The standard InChI is InChI=1S/C30H41N3O5.C28H32N4O5S.C27H36N2O4.C24H31N3O5S/c1-18-22(9-10-31-18)20-7-5-19(6-8-20)16-33-29(37)24-14-21(34)13-23(24)28(36)25(30(2,3)4)15-27(35)26-17-38-12-11-32-26;1-4-37-23-7-5-6-21(12-23)26(34)31-18(3)28(36)32-15-22(33)13-24(32)27(35)29-14-19-8-10-20(11-9-19)25-17(2)30-16-38-25;1-17(30)14-23(27(3,4)5)26(33)29-16-21(31)15-24(29)25(32)11-8-19-6-9-20(10-7-19)22-12-13-28-18(22)2;1-15(10-19(28)8-9-32-3)24(31)27-13-20(29)11-21(27)23(30)25-12-17-4-6-18(7-5-17)22-16(2)26-14-33-22/h5-8,10,21,23-26,32,34H,9,11-17H2,1-4H3,(H,33,37);5-12,16,18,22,24,33H,4,13-15H2,1-3H3,(H,29,35)(H,31,34);6-7,9-10,13,21,23-24,31H,8,11-12,14-16H2,1-5H3;4-7,14-15,20-21,29H,8-13H2,1-3H3,(H,25,30)/t21-,23?,24+,25+,26-;18-,22+,24-;21-,23-,24+;15-,20-,21+/m0011/s1. The number of allylic oxidation sites excluding steroid dienone is 4. The number of hydrogen-bond acceptors (Lipinski definition) is 26. The average molecular weight is 1990 g/mol. The molecule has 1 unspecified atom stereocenters. The zero-order chi connectivity index (χ0) is 103. The molecule has 7 aromatic rings. The maximum absolute atomic E-state index is 13.8. The van der Waals surface area contributed by atoms with Gasteiger partial charge in [0.25, 0.3) is 5.91 Å². The third-order valence-electron chi connectivity index (χ3n) is 27.1. The fraction of sp³-hybridized carbons (Fsp3) is 0.505. The summed E-state index contributed by atoms with van der Waals surface area (Å²) in [6.45, 7) is 29.7. The van der Waals surface area contributed by atoms with E-state index in [0.717, 1.165) is 89.9 Å². The molecule has 5 aromatic carbocycles. The van der Waals surface area contributed by atoms with E-state index >= 15 is 0 Å². The summed E-state index contributed by atoms with van der Waals surface area (Å²) in [5, 5.41) is 55.7. The van der Waals surface area contributed by atoms with E-state index in [1.165, 1.54) is 39.9 Å². The molecule has 1 saturated carbocycles. The Balaban J connectivity index is 0.000000181. The van der Waals surface area contributed by atoms with Crippen LogP contribution < -0.4 is 31.3 Å². The van der Waals surface area contributed by atoms with Gasteiger partial charge in [0.1, 0.15) is 41.2 Å². The molecule has 4 saturated heterocycles. The molecule has 0 spiro atoms. The predicted molar refractivity (Wildman–Crippen MR) is 547 cm³/mol. The van der Waals surface area contributed by atoms with Crippen LogP contribution in [0.15, 0.2) is 154 Å². The first-order chi connectivity index (χ1) is 67.6. The second kappa shape index (κ2) is 51.5. The number of aliphatic hydroxyl groups excluding tert-OH is 4. The molecule has 14 rings (SSSR count). The lowest BCUT2D eigenvalue weighted by Gasteiger charge is -2.34. The van der Waals surface area contributed by atoms with Gasteiger partial charge in [-0.15, -0.1) is 22.7 Å². The number of aryl methyl sites for hydroxylation is 3. The number of carbonyl (C=O) groups excluding carboxylic acids is 12. The van der Waals surface area contributed by atoms with Crippen LogP contribution in [0.5, 0.6) is 5.75 Å². The van der Waals surface area contributed by atoms with E-state index in [0.29, 0.717) is 70.2 Å². The molecule has 14 atom stereocenters. The molecule has 9 N–H and O–H groups in total. The molecule has 31 nitrogen and oxygen atoms in total. The van der Waals surface area contributed by atoms with Gasteiger partial charge in [-0.3, -0.25) is 62.7 Å². The van der Waals surface area contributed by atoms with Crippen molar-refractivity contribution >= 4 is 117 Å². The Bertz CT molecular complexity index is 5710. The smallest absolute Gasteiger partial charge is 0.252 e. The minimum absolute atomic E-state index is 0.0276. The molecule has 8 heterocycles. The number of aliphatic imine (C=N–C) groups is 2. The number of nitrogens with zero attached hydrogens (tertiary/aromatic N) is 7. The van der Waals surface area contributed by atoms with Crippen LogP contribution >= 0.6 is 22.7 Å². The summed E-state index contributed by atoms with van der Waals surface area (Å²) in [4.78, 5) is 179. The van der Waals surface area contributed by atoms with Crippen molar-refractivity contribution < 1.29 is 92.2 Å². The van der Waals surface area contributed by atoms with Crippen molar-refractivity contribution in [3.63, 3.8) is 0 Å². The highest BCUT2D eigenvalue weighted by molar-refractivity contribution is 7.13. The number of β-amino-alcohol motifs (C(OH)–C–C–N with tert-alkyl or cyclic N) is 3. The van der Waals surface area contributed by atoms with Gasteiger partial charge in [-0.1, -0.05) is 152 Å². The number of aliphatic hydroxyl groups is 4. The molecular formula is C109H140N12O19S2. The highest BCUT2D eigenvalue weighted by atomic mass is 32.1. The van der Waals surface area contributed by atoms with Gasteiger partial charge in [-0.2, -0.15) is 0 Å². The lowest BCUT2D eigenvalue weighted by atomic mass is 9.70. The van der Waals surface area contributed by atoms with E-state index in [1.54, 1.807) is 60.8 Å². The average Bonchev–Trinajstić information content (AvgIpc) is 1.69. The number of likely N-dealkylation sites (tertiary alicyclic amines) is 3. The maximum Gasteiger partial charge on any atom is 0.252 e. The highest BCUT2D eigenvalue weighted by Crippen LogP contribution is 2.42. The van der Waals surface area contributed by atoms with Gasteiger partial charge in [0.15, 0.2) is 11.6 Å². The van der Waals surface area contributed by atoms with E-state index in [-0.39, 0.29) is 142 Å². The Hall–Kier alpha value is -11.7. The van der Waals surface area contributed by atoms with E-state index in [4.69, 9.17) is 14.2 Å².